The smallest absolute Gasteiger partial charge is 0.317 e. The number of rotatable bonds is 11. The number of carbonyl (C=O) groups is 2. The number of carboxylic acids is 1. The average molecular weight is 274 g/mol. The van der Waals surface area contributed by atoms with Gasteiger partial charge in [0.2, 0.25) is 0 Å². The standard InChI is InChI=1S/C13H26N2O4/c1-15(10-6-3-7-11-16)13(19)14-9-5-2-4-8-12(17)18/h16H,2-11H2,1H3,(H,14,19)(H,17,18). The molecule has 0 aliphatic carbocycles. The summed E-state index contributed by atoms with van der Waals surface area (Å²) in [5.74, 6) is -0.772. The Hall–Kier alpha value is -1.30. The van der Waals surface area contributed by atoms with E-state index in [0.717, 1.165) is 32.1 Å². The lowest BCUT2D eigenvalue weighted by Gasteiger charge is -2.17. The number of nitrogens with one attached hydrogen (secondary N) is 1. The van der Waals surface area contributed by atoms with Gasteiger partial charge in [-0.05, 0) is 32.1 Å². The number of hydrogen-bond acceptors (Lipinski definition) is 3. The van der Waals surface area contributed by atoms with Crippen molar-refractivity contribution in [2.45, 2.75) is 44.9 Å². The molecule has 0 saturated carbocycles. The fourth-order valence-electron chi connectivity index (χ4n) is 1.65. The third kappa shape index (κ3) is 11.5. The molecule has 19 heavy (non-hydrogen) atoms. The first-order chi connectivity index (χ1) is 9.07. The molecule has 0 aliphatic rings. The molecule has 0 unspecified atom stereocenters. The molecule has 0 aromatic rings. The maximum Gasteiger partial charge on any atom is 0.317 e. The van der Waals surface area contributed by atoms with Crippen LogP contribution in [0.25, 0.3) is 0 Å². The van der Waals surface area contributed by atoms with E-state index in [2.05, 4.69) is 5.32 Å². The Morgan fingerprint density at radius 2 is 1.74 bits per heavy atom. The number of carboxylic acid groups (broad SMARTS) is 1. The van der Waals surface area contributed by atoms with Gasteiger partial charge in [0.15, 0.2) is 0 Å². The van der Waals surface area contributed by atoms with Crippen molar-refractivity contribution < 1.29 is 19.8 Å². The van der Waals surface area contributed by atoms with Gasteiger partial charge in [0.05, 0.1) is 0 Å². The third-order valence-corrected chi connectivity index (χ3v) is 2.84. The summed E-state index contributed by atoms with van der Waals surface area (Å²) in [4.78, 5) is 23.5. The first kappa shape index (κ1) is 17.7. The van der Waals surface area contributed by atoms with Gasteiger partial charge in [-0.3, -0.25) is 4.79 Å². The molecule has 0 atom stereocenters. The van der Waals surface area contributed by atoms with Gasteiger partial charge in [0, 0.05) is 33.2 Å². The number of urea groups is 1. The number of aliphatic hydroxyl groups excluding tert-OH is 1. The lowest BCUT2D eigenvalue weighted by Crippen LogP contribution is -2.38. The summed E-state index contributed by atoms with van der Waals surface area (Å²) in [5.41, 5.74) is 0. The maximum atomic E-state index is 11.6. The van der Waals surface area contributed by atoms with E-state index in [-0.39, 0.29) is 19.1 Å². The summed E-state index contributed by atoms with van der Waals surface area (Å²) in [7, 11) is 1.75. The van der Waals surface area contributed by atoms with Gasteiger partial charge in [-0.25, -0.2) is 4.79 Å². The minimum atomic E-state index is -0.772. The number of amides is 2. The normalized spacial score (nSPS) is 10.2. The summed E-state index contributed by atoms with van der Waals surface area (Å²) in [6.07, 6.45) is 5.05. The van der Waals surface area contributed by atoms with Crippen molar-refractivity contribution in [3.8, 4) is 0 Å². The molecule has 0 fully saturated rings. The highest BCUT2D eigenvalue weighted by Crippen LogP contribution is 2.00. The van der Waals surface area contributed by atoms with Crippen molar-refractivity contribution in [3.63, 3.8) is 0 Å². The zero-order chi connectivity index (χ0) is 14.5. The highest BCUT2D eigenvalue weighted by atomic mass is 16.4. The lowest BCUT2D eigenvalue weighted by molar-refractivity contribution is -0.137. The summed E-state index contributed by atoms with van der Waals surface area (Å²) in [6.45, 7) is 1.47. The van der Waals surface area contributed by atoms with E-state index in [0.29, 0.717) is 19.5 Å². The van der Waals surface area contributed by atoms with Crippen LogP contribution in [0.5, 0.6) is 0 Å². The highest BCUT2D eigenvalue weighted by molar-refractivity contribution is 5.73. The zero-order valence-electron chi connectivity index (χ0n) is 11.7. The highest BCUT2D eigenvalue weighted by Gasteiger charge is 2.06. The summed E-state index contributed by atoms with van der Waals surface area (Å²) >= 11 is 0. The molecule has 6 nitrogen and oxygen atoms in total. The van der Waals surface area contributed by atoms with Crippen LogP contribution in [-0.2, 0) is 4.79 Å². The second-order valence-electron chi connectivity index (χ2n) is 4.64. The van der Waals surface area contributed by atoms with E-state index in [4.69, 9.17) is 10.2 Å². The maximum absolute atomic E-state index is 11.6. The van der Waals surface area contributed by atoms with E-state index in [1.807, 2.05) is 0 Å². The third-order valence-electron chi connectivity index (χ3n) is 2.84. The SMILES string of the molecule is CN(CCCCCO)C(=O)NCCCCCC(=O)O. The lowest BCUT2D eigenvalue weighted by atomic mass is 10.2. The van der Waals surface area contributed by atoms with Crippen molar-refractivity contribution in [2.24, 2.45) is 0 Å². The van der Waals surface area contributed by atoms with Crippen LogP contribution in [0.1, 0.15) is 44.9 Å². The van der Waals surface area contributed by atoms with E-state index >= 15 is 0 Å². The molecule has 3 N–H and O–H groups in total. The number of carbonyl (C=O) groups excluding carboxylic acids is 1. The molecule has 0 bridgehead atoms. The number of aliphatic carboxylic acids is 1. The quantitative estimate of drug-likeness (QED) is 0.497. The molecule has 0 aromatic carbocycles. The second kappa shape index (κ2) is 11.8. The molecule has 0 rings (SSSR count). The Bertz CT molecular complexity index is 259. The fourth-order valence-corrected chi connectivity index (χ4v) is 1.65. The van der Waals surface area contributed by atoms with Crippen LogP contribution < -0.4 is 5.32 Å². The molecule has 0 radical (unpaired) electrons. The largest absolute Gasteiger partial charge is 0.481 e. The van der Waals surface area contributed by atoms with Crippen molar-refractivity contribution >= 4 is 12.0 Å². The van der Waals surface area contributed by atoms with Crippen LogP contribution in [0.4, 0.5) is 4.79 Å². The van der Waals surface area contributed by atoms with Crippen LogP contribution >= 0.6 is 0 Å². The summed E-state index contributed by atoms with van der Waals surface area (Å²) in [5, 5.41) is 19.9. The van der Waals surface area contributed by atoms with E-state index in [1.165, 1.54) is 0 Å². The Balaban J connectivity index is 3.43. The molecule has 0 aliphatic heterocycles. The Kier molecular flexibility index (Phi) is 11.0. The number of hydrogen-bond donors (Lipinski definition) is 3. The van der Waals surface area contributed by atoms with Crippen molar-refractivity contribution in [3.05, 3.63) is 0 Å². The van der Waals surface area contributed by atoms with E-state index in [9.17, 15) is 9.59 Å². The first-order valence-corrected chi connectivity index (χ1v) is 6.89. The molecule has 0 spiro atoms. The molecule has 112 valence electrons. The summed E-state index contributed by atoms with van der Waals surface area (Å²) in [6, 6.07) is -0.0952. The minimum absolute atomic E-state index is 0.0952. The van der Waals surface area contributed by atoms with Gasteiger partial charge in [-0.15, -0.1) is 0 Å². The van der Waals surface area contributed by atoms with Crippen molar-refractivity contribution in [1.29, 1.82) is 0 Å². The predicted octanol–water partition coefficient (Wildman–Crippen LogP) is 1.44. The molecule has 6 heteroatoms. The van der Waals surface area contributed by atoms with Crippen LogP contribution in [0.3, 0.4) is 0 Å². The van der Waals surface area contributed by atoms with Crippen LogP contribution in [-0.4, -0.2) is 53.9 Å². The zero-order valence-corrected chi connectivity index (χ0v) is 11.7. The van der Waals surface area contributed by atoms with Gasteiger partial charge in [0.25, 0.3) is 0 Å². The molecular weight excluding hydrogens is 248 g/mol. The number of aliphatic hydroxyl groups is 1. The van der Waals surface area contributed by atoms with Gasteiger partial charge < -0.3 is 20.4 Å². The molecule has 0 heterocycles. The number of nitrogens with zero attached hydrogens (tertiary/aromatic N) is 1. The Labute approximate surface area is 114 Å². The average Bonchev–Trinajstić information content (AvgIpc) is 2.37. The van der Waals surface area contributed by atoms with Crippen LogP contribution in [0.2, 0.25) is 0 Å². The van der Waals surface area contributed by atoms with Gasteiger partial charge >= 0.3 is 12.0 Å². The second-order valence-corrected chi connectivity index (χ2v) is 4.64. The minimum Gasteiger partial charge on any atom is -0.481 e. The molecule has 2 amide bonds. The van der Waals surface area contributed by atoms with Crippen LogP contribution in [0, 0.1) is 0 Å². The Morgan fingerprint density at radius 1 is 1.05 bits per heavy atom. The summed E-state index contributed by atoms with van der Waals surface area (Å²) < 4.78 is 0. The fraction of sp³-hybridized carbons (Fsp3) is 0.846. The first-order valence-electron chi connectivity index (χ1n) is 6.89. The Morgan fingerprint density at radius 3 is 2.37 bits per heavy atom. The molecular formula is C13H26N2O4. The molecule has 0 saturated heterocycles. The molecule has 0 aromatic heterocycles. The monoisotopic (exact) mass is 274 g/mol. The predicted molar refractivity (Wildman–Crippen MR) is 73.1 cm³/mol. The van der Waals surface area contributed by atoms with E-state index < -0.39 is 5.97 Å². The topological polar surface area (TPSA) is 89.9 Å². The van der Waals surface area contributed by atoms with Gasteiger partial charge in [0.1, 0.15) is 0 Å². The van der Waals surface area contributed by atoms with E-state index in [1.54, 1.807) is 11.9 Å². The van der Waals surface area contributed by atoms with Crippen LogP contribution in [0.15, 0.2) is 0 Å². The van der Waals surface area contributed by atoms with Crippen molar-refractivity contribution in [2.75, 3.05) is 26.7 Å². The van der Waals surface area contributed by atoms with Gasteiger partial charge in [-0.1, -0.05) is 6.42 Å². The van der Waals surface area contributed by atoms with Gasteiger partial charge in [-0.2, -0.15) is 0 Å². The van der Waals surface area contributed by atoms with Crippen molar-refractivity contribution in [1.82, 2.24) is 10.2 Å². The number of unbranched alkanes of at least 4 members (excludes halogenated alkanes) is 4.